The number of nitrogens with zero attached hydrogens (tertiary/aromatic N) is 1. The fourth-order valence-corrected chi connectivity index (χ4v) is 5.15. The fourth-order valence-electron chi connectivity index (χ4n) is 3.16. The topological polar surface area (TPSA) is 39.1 Å². The van der Waals surface area contributed by atoms with Gasteiger partial charge in [-0.2, -0.15) is 13.2 Å². The van der Waals surface area contributed by atoms with E-state index in [0.29, 0.717) is 11.2 Å². The number of halogens is 4. The third-order valence-corrected chi connectivity index (χ3v) is 6.99. The van der Waals surface area contributed by atoms with Crippen molar-refractivity contribution in [2.75, 3.05) is 0 Å². The Bertz CT molecular complexity index is 1310. The number of benzene rings is 3. The Morgan fingerprint density at radius 2 is 1.59 bits per heavy atom. The molecule has 29 heavy (non-hydrogen) atoms. The molecule has 0 saturated heterocycles. The van der Waals surface area contributed by atoms with Gasteiger partial charge < -0.3 is 4.57 Å². The van der Waals surface area contributed by atoms with Crippen molar-refractivity contribution in [2.24, 2.45) is 0 Å². The minimum absolute atomic E-state index is 0.0269. The lowest BCUT2D eigenvalue weighted by atomic mass is 10.1. The van der Waals surface area contributed by atoms with Gasteiger partial charge in [-0.15, -0.1) is 0 Å². The first-order chi connectivity index (χ1) is 13.7. The molecule has 1 aromatic heterocycles. The van der Waals surface area contributed by atoms with Crippen LogP contribution in [0.25, 0.3) is 16.6 Å². The molecule has 0 spiro atoms. The SMILES string of the molecule is O=S(=O)(c1ccccc1)c1cn(-c2cccc(I)c2)c2ccc(C(F)(F)F)cc12. The molecular formula is C21H13F3INO2S. The third-order valence-electron chi connectivity index (χ3n) is 4.52. The van der Waals surface area contributed by atoms with Gasteiger partial charge in [0.05, 0.1) is 20.9 Å². The van der Waals surface area contributed by atoms with Crippen molar-refractivity contribution in [3.8, 4) is 5.69 Å². The Balaban J connectivity index is 2.05. The zero-order valence-electron chi connectivity index (χ0n) is 14.7. The van der Waals surface area contributed by atoms with Crippen LogP contribution < -0.4 is 0 Å². The molecule has 0 saturated carbocycles. The summed E-state index contributed by atoms with van der Waals surface area (Å²) in [6, 6.07) is 18.1. The maximum absolute atomic E-state index is 13.3. The van der Waals surface area contributed by atoms with E-state index in [1.807, 2.05) is 12.1 Å². The molecule has 0 amide bonds. The van der Waals surface area contributed by atoms with Crippen molar-refractivity contribution >= 4 is 43.3 Å². The average Bonchev–Trinajstić information content (AvgIpc) is 3.08. The smallest absolute Gasteiger partial charge is 0.315 e. The molecular weight excluding hydrogens is 514 g/mol. The second kappa shape index (κ2) is 7.17. The van der Waals surface area contributed by atoms with Gasteiger partial charge in [0.15, 0.2) is 0 Å². The molecule has 0 aliphatic heterocycles. The second-order valence-electron chi connectivity index (χ2n) is 6.39. The molecule has 0 fully saturated rings. The lowest BCUT2D eigenvalue weighted by Crippen LogP contribution is -2.05. The Morgan fingerprint density at radius 3 is 2.24 bits per heavy atom. The monoisotopic (exact) mass is 527 g/mol. The van der Waals surface area contributed by atoms with E-state index in [1.54, 1.807) is 34.9 Å². The molecule has 8 heteroatoms. The summed E-state index contributed by atoms with van der Waals surface area (Å²) in [4.78, 5) is -0.136. The summed E-state index contributed by atoms with van der Waals surface area (Å²) < 4.78 is 68.8. The molecule has 3 aromatic carbocycles. The molecule has 4 aromatic rings. The molecule has 4 rings (SSSR count). The molecule has 0 radical (unpaired) electrons. The fraction of sp³-hybridized carbons (Fsp3) is 0.0476. The summed E-state index contributed by atoms with van der Waals surface area (Å²) in [5.41, 5.74) is 0.153. The zero-order valence-corrected chi connectivity index (χ0v) is 17.7. The normalized spacial score (nSPS) is 12.4. The molecule has 1 heterocycles. The van der Waals surface area contributed by atoms with E-state index in [9.17, 15) is 21.6 Å². The highest BCUT2D eigenvalue weighted by Crippen LogP contribution is 2.37. The molecule has 0 N–H and O–H groups in total. The maximum atomic E-state index is 13.3. The number of hydrogen-bond donors (Lipinski definition) is 0. The highest BCUT2D eigenvalue weighted by molar-refractivity contribution is 14.1. The van der Waals surface area contributed by atoms with Gasteiger partial charge in [0, 0.05) is 20.8 Å². The van der Waals surface area contributed by atoms with Crippen LogP contribution in [0.5, 0.6) is 0 Å². The summed E-state index contributed by atoms with van der Waals surface area (Å²) >= 11 is 2.12. The van der Waals surface area contributed by atoms with E-state index in [2.05, 4.69) is 22.6 Å². The van der Waals surface area contributed by atoms with Crippen molar-refractivity contribution in [2.45, 2.75) is 16.0 Å². The van der Waals surface area contributed by atoms with Crippen LogP contribution in [0, 0.1) is 3.57 Å². The van der Waals surface area contributed by atoms with Crippen LogP contribution in [0.3, 0.4) is 0 Å². The zero-order chi connectivity index (χ0) is 20.8. The maximum Gasteiger partial charge on any atom is 0.416 e. The summed E-state index contributed by atoms with van der Waals surface area (Å²) in [5, 5.41) is 0.0301. The Labute approximate surface area is 178 Å². The van der Waals surface area contributed by atoms with Crippen molar-refractivity contribution in [1.29, 1.82) is 0 Å². The van der Waals surface area contributed by atoms with Gasteiger partial charge in [0.1, 0.15) is 0 Å². The van der Waals surface area contributed by atoms with Gasteiger partial charge in [0.25, 0.3) is 0 Å². The molecule has 0 bridgehead atoms. The van der Waals surface area contributed by atoms with Crippen LogP contribution in [0.2, 0.25) is 0 Å². The van der Waals surface area contributed by atoms with Crippen molar-refractivity contribution in [1.82, 2.24) is 4.57 Å². The predicted molar refractivity (Wildman–Crippen MR) is 113 cm³/mol. The minimum atomic E-state index is -4.58. The minimum Gasteiger partial charge on any atom is -0.315 e. The third kappa shape index (κ3) is 3.66. The number of fused-ring (bicyclic) bond motifs is 1. The van der Waals surface area contributed by atoms with Crippen LogP contribution >= 0.6 is 22.6 Å². The Kier molecular flexibility index (Phi) is 4.94. The van der Waals surface area contributed by atoms with Crippen LogP contribution in [0.4, 0.5) is 13.2 Å². The van der Waals surface area contributed by atoms with Gasteiger partial charge in [-0.25, -0.2) is 8.42 Å². The van der Waals surface area contributed by atoms with E-state index in [-0.39, 0.29) is 15.2 Å². The van der Waals surface area contributed by atoms with Crippen molar-refractivity contribution < 1.29 is 21.6 Å². The summed E-state index contributed by atoms with van der Waals surface area (Å²) in [6.07, 6.45) is -3.19. The number of sulfone groups is 1. The van der Waals surface area contributed by atoms with Crippen molar-refractivity contribution in [3.05, 3.63) is 88.1 Å². The van der Waals surface area contributed by atoms with E-state index in [4.69, 9.17) is 0 Å². The lowest BCUT2D eigenvalue weighted by molar-refractivity contribution is -0.137. The molecule has 0 aliphatic rings. The summed E-state index contributed by atoms with van der Waals surface area (Å²) in [7, 11) is -4.02. The molecule has 148 valence electrons. The lowest BCUT2D eigenvalue weighted by Gasteiger charge is -2.09. The first-order valence-corrected chi connectivity index (χ1v) is 11.0. The van der Waals surface area contributed by atoms with E-state index < -0.39 is 21.6 Å². The summed E-state index contributed by atoms with van der Waals surface area (Å²) in [6.45, 7) is 0. The van der Waals surface area contributed by atoms with Gasteiger partial charge in [-0.3, -0.25) is 0 Å². The van der Waals surface area contributed by atoms with Gasteiger partial charge in [-0.1, -0.05) is 24.3 Å². The average molecular weight is 527 g/mol. The molecule has 0 unspecified atom stereocenters. The van der Waals surface area contributed by atoms with Crippen LogP contribution in [0.15, 0.2) is 88.8 Å². The van der Waals surface area contributed by atoms with Gasteiger partial charge >= 0.3 is 6.18 Å². The number of aromatic nitrogens is 1. The summed E-state index contributed by atoms with van der Waals surface area (Å²) in [5.74, 6) is 0. The molecule has 0 atom stereocenters. The number of hydrogen-bond acceptors (Lipinski definition) is 2. The van der Waals surface area contributed by atoms with Crippen LogP contribution in [-0.4, -0.2) is 13.0 Å². The molecule has 0 aliphatic carbocycles. The molecule has 3 nitrogen and oxygen atoms in total. The second-order valence-corrected chi connectivity index (χ2v) is 9.55. The first kappa shape index (κ1) is 20.0. The highest BCUT2D eigenvalue weighted by Gasteiger charge is 2.32. The van der Waals surface area contributed by atoms with Gasteiger partial charge in [-0.05, 0) is 71.1 Å². The van der Waals surface area contributed by atoms with Crippen LogP contribution in [0.1, 0.15) is 5.56 Å². The predicted octanol–water partition coefficient (Wildman–Crippen LogP) is 6.09. The standard InChI is InChI=1S/C21H13F3INO2S/c22-21(23,24)14-9-10-19-18(11-14)20(29(27,28)17-7-2-1-3-8-17)13-26(19)16-6-4-5-15(25)12-16/h1-13H. The number of alkyl halides is 3. The van der Waals surface area contributed by atoms with Crippen molar-refractivity contribution in [3.63, 3.8) is 0 Å². The van der Waals surface area contributed by atoms with Gasteiger partial charge in [0.2, 0.25) is 9.84 Å². The Hall–Kier alpha value is -2.33. The number of rotatable bonds is 3. The highest BCUT2D eigenvalue weighted by atomic mass is 127. The Morgan fingerprint density at radius 1 is 0.862 bits per heavy atom. The van der Waals surface area contributed by atoms with E-state index in [1.165, 1.54) is 24.4 Å². The van der Waals surface area contributed by atoms with E-state index >= 15 is 0 Å². The first-order valence-electron chi connectivity index (χ1n) is 8.46. The van der Waals surface area contributed by atoms with Crippen LogP contribution in [-0.2, 0) is 16.0 Å². The largest absolute Gasteiger partial charge is 0.416 e. The van der Waals surface area contributed by atoms with E-state index in [0.717, 1.165) is 15.7 Å². The quantitative estimate of drug-likeness (QED) is 0.303.